The number of rotatable bonds is 11. The average Bonchev–Trinajstić information content (AvgIpc) is 3.06. The smallest absolute Gasteiger partial charge is 0.217 e. The SMILES string of the molecule is CC(=O)N[C@@H]1[C@@H](O[C@@H]2O[C@H](CO)[C@H](O)[C@H](O)[C@@H]2O)[C@@H](O)[C@H](O[C@H]2[C@@H](O)[C@@H](CO)O[C@@H](O[C@@H]3[C@@H](O)[C@@H](O)C(O)O[C@@H]3CO)[C@@H]2O)O[C@@H]1CO. The van der Waals surface area contributed by atoms with Gasteiger partial charge in [-0.25, -0.2) is 0 Å². The largest absolute Gasteiger partial charge is 0.394 e. The summed E-state index contributed by atoms with van der Waals surface area (Å²) in [6.07, 6.45) is -34.0. The molecule has 48 heavy (non-hydrogen) atoms. The summed E-state index contributed by atoms with van der Waals surface area (Å²) < 4.78 is 38.5. The molecule has 0 radical (unpaired) electrons. The summed E-state index contributed by atoms with van der Waals surface area (Å²) >= 11 is 0. The fourth-order valence-corrected chi connectivity index (χ4v) is 5.97. The summed E-state index contributed by atoms with van der Waals surface area (Å²) in [7, 11) is 0. The second kappa shape index (κ2) is 16.8. The number of carbonyl (C=O) groups is 1. The molecule has 0 aliphatic carbocycles. The van der Waals surface area contributed by atoms with E-state index in [-0.39, 0.29) is 0 Å². The molecule has 280 valence electrons. The molecule has 4 fully saturated rings. The number of carbonyl (C=O) groups excluding carboxylic acids is 1. The molecule has 0 saturated carbocycles. The molecule has 0 aromatic carbocycles. The van der Waals surface area contributed by atoms with Crippen LogP contribution in [0.25, 0.3) is 0 Å². The predicted molar refractivity (Wildman–Crippen MR) is 145 cm³/mol. The van der Waals surface area contributed by atoms with E-state index in [2.05, 4.69) is 5.32 Å². The van der Waals surface area contributed by atoms with Gasteiger partial charge in [-0.15, -0.1) is 0 Å². The van der Waals surface area contributed by atoms with Gasteiger partial charge in [0, 0.05) is 6.92 Å². The van der Waals surface area contributed by atoms with Crippen molar-refractivity contribution >= 4 is 5.91 Å². The van der Waals surface area contributed by atoms with Crippen LogP contribution in [0.3, 0.4) is 0 Å². The van der Waals surface area contributed by atoms with Crippen LogP contribution in [0.5, 0.6) is 0 Å². The maximum absolute atomic E-state index is 12.0. The van der Waals surface area contributed by atoms with Crippen LogP contribution < -0.4 is 5.32 Å². The van der Waals surface area contributed by atoms with Gasteiger partial charge in [-0.3, -0.25) is 4.79 Å². The van der Waals surface area contributed by atoms with E-state index in [9.17, 15) is 71.2 Å². The molecule has 4 aliphatic heterocycles. The number of aliphatic hydroxyl groups is 13. The number of hydrogen-bond acceptors (Lipinski definition) is 21. The Bertz CT molecular complexity index is 1030. The standard InChI is InChI=1S/C26H45NO21/c1-6(32)27-11-7(2-28)43-25(18(39)21(11)47-24-17(38)14(35)12(33)8(3-29)44-24)48-22-13(34)9(4-30)45-26(19(22)40)46-20-10(5-31)42-23(41)16(37)15(20)36/h7-26,28-31,33-41H,2-5H2,1H3,(H,27,32)/t7-,8-,9-,10-,11+,12+,13+,14+,15+,16-,17+,18-,19-,20+,21-,22+,23?,24+,25+,26+/m1/s1. The van der Waals surface area contributed by atoms with E-state index >= 15 is 0 Å². The van der Waals surface area contributed by atoms with Crippen molar-refractivity contribution in [3.8, 4) is 0 Å². The summed E-state index contributed by atoms with van der Waals surface area (Å²) in [6.45, 7) is -2.32. The van der Waals surface area contributed by atoms with Crippen LogP contribution in [-0.4, -0.2) is 221 Å². The Morgan fingerprint density at radius 3 is 1.50 bits per heavy atom. The van der Waals surface area contributed by atoms with Crippen molar-refractivity contribution in [2.75, 3.05) is 26.4 Å². The summed E-state index contributed by atoms with van der Waals surface area (Å²) in [5.74, 6) is -0.690. The molecule has 14 N–H and O–H groups in total. The Labute approximate surface area is 272 Å². The van der Waals surface area contributed by atoms with Gasteiger partial charge in [0.2, 0.25) is 5.91 Å². The highest BCUT2D eigenvalue weighted by Gasteiger charge is 2.55. The van der Waals surface area contributed by atoms with Crippen LogP contribution in [0.4, 0.5) is 0 Å². The van der Waals surface area contributed by atoms with E-state index in [1.54, 1.807) is 0 Å². The van der Waals surface area contributed by atoms with Gasteiger partial charge in [-0.2, -0.15) is 0 Å². The molecule has 0 spiro atoms. The van der Waals surface area contributed by atoms with Crippen molar-refractivity contribution in [3.05, 3.63) is 0 Å². The zero-order valence-corrected chi connectivity index (χ0v) is 25.5. The fourth-order valence-electron chi connectivity index (χ4n) is 5.97. The Balaban J connectivity index is 1.59. The molecule has 4 heterocycles. The Hall–Kier alpha value is -1.33. The molecule has 0 bridgehead atoms. The lowest BCUT2D eigenvalue weighted by Gasteiger charge is -2.50. The predicted octanol–water partition coefficient (Wildman–Crippen LogP) is -9.61. The topological polar surface area (TPSA) is 357 Å². The number of nitrogens with one attached hydrogen (secondary N) is 1. The highest BCUT2D eigenvalue weighted by atomic mass is 16.8. The summed E-state index contributed by atoms with van der Waals surface area (Å²) in [5, 5.41) is 136. The third-order valence-corrected chi connectivity index (χ3v) is 8.61. The number of amides is 1. The maximum atomic E-state index is 12.0. The molecule has 20 atom stereocenters. The highest BCUT2D eigenvalue weighted by Crippen LogP contribution is 2.34. The number of aliphatic hydroxyl groups excluding tert-OH is 13. The van der Waals surface area contributed by atoms with E-state index in [4.69, 9.17) is 33.2 Å². The van der Waals surface area contributed by atoms with Crippen LogP contribution in [-0.2, 0) is 38.0 Å². The first-order chi connectivity index (χ1) is 22.7. The Morgan fingerprint density at radius 1 is 0.500 bits per heavy atom. The van der Waals surface area contributed by atoms with Gasteiger partial charge >= 0.3 is 0 Å². The van der Waals surface area contributed by atoms with Crippen molar-refractivity contribution in [1.29, 1.82) is 0 Å². The fraction of sp³-hybridized carbons (Fsp3) is 0.962. The second-order valence-corrected chi connectivity index (χ2v) is 11.9. The molecular formula is C26H45NO21. The molecule has 22 nitrogen and oxygen atoms in total. The average molecular weight is 708 g/mol. The highest BCUT2D eigenvalue weighted by molar-refractivity contribution is 5.73. The number of hydrogen-bond donors (Lipinski definition) is 14. The summed E-state index contributed by atoms with van der Waals surface area (Å²) in [6, 6.07) is -1.40. The monoisotopic (exact) mass is 707 g/mol. The molecule has 4 aliphatic rings. The third kappa shape index (κ3) is 8.08. The van der Waals surface area contributed by atoms with Crippen LogP contribution in [0, 0.1) is 0 Å². The first-order valence-electron chi connectivity index (χ1n) is 15.1. The van der Waals surface area contributed by atoms with E-state index in [1.807, 2.05) is 0 Å². The summed E-state index contributed by atoms with van der Waals surface area (Å²) in [4.78, 5) is 12.0. The minimum Gasteiger partial charge on any atom is -0.394 e. The van der Waals surface area contributed by atoms with Crippen LogP contribution in [0.2, 0.25) is 0 Å². The van der Waals surface area contributed by atoms with Crippen molar-refractivity contribution in [1.82, 2.24) is 5.32 Å². The van der Waals surface area contributed by atoms with Crippen LogP contribution in [0.1, 0.15) is 6.92 Å². The van der Waals surface area contributed by atoms with Gasteiger partial charge in [0.25, 0.3) is 0 Å². The van der Waals surface area contributed by atoms with Crippen molar-refractivity contribution in [2.24, 2.45) is 0 Å². The second-order valence-electron chi connectivity index (χ2n) is 11.9. The van der Waals surface area contributed by atoms with Gasteiger partial charge in [0.05, 0.1) is 32.5 Å². The van der Waals surface area contributed by atoms with E-state index < -0.39 is 155 Å². The van der Waals surface area contributed by atoms with Crippen LogP contribution >= 0.6 is 0 Å². The van der Waals surface area contributed by atoms with Gasteiger partial charge in [-0.1, -0.05) is 0 Å². The molecule has 1 unspecified atom stereocenters. The quantitative estimate of drug-likeness (QED) is 0.0947. The first-order valence-corrected chi connectivity index (χ1v) is 15.1. The third-order valence-electron chi connectivity index (χ3n) is 8.61. The van der Waals surface area contributed by atoms with Gasteiger partial charge in [0.1, 0.15) is 91.6 Å². The van der Waals surface area contributed by atoms with Crippen molar-refractivity contribution < 1.29 is 104 Å². The molecule has 0 aromatic rings. The van der Waals surface area contributed by atoms with Gasteiger partial charge < -0.3 is 105 Å². The minimum atomic E-state index is -2.04. The van der Waals surface area contributed by atoms with Gasteiger partial charge in [-0.05, 0) is 0 Å². The lowest BCUT2D eigenvalue weighted by Crippen LogP contribution is -2.69. The first kappa shape index (κ1) is 39.5. The molecule has 4 rings (SSSR count). The van der Waals surface area contributed by atoms with Crippen molar-refractivity contribution in [3.63, 3.8) is 0 Å². The van der Waals surface area contributed by atoms with Gasteiger partial charge in [0.15, 0.2) is 25.2 Å². The van der Waals surface area contributed by atoms with E-state index in [1.165, 1.54) is 0 Å². The van der Waals surface area contributed by atoms with E-state index in [0.29, 0.717) is 0 Å². The number of ether oxygens (including phenoxy) is 7. The lowest BCUT2D eigenvalue weighted by atomic mass is 9.94. The Morgan fingerprint density at radius 2 is 0.958 bits per heavy atom. The molecule has 0 aromatic heterocycles. The Kier molecular flexibility index (Phi) is 13.8. The van der Waals surface area contributed by atoms with E-state index in [0.717, 1.165) is 6.92 Å². The van der Waals surface area contributed by atoms with Crippen LogP contribution in [0.15, 0.2) is 0 Å². The minimum absolute atomic E-state index is 0.690. The lowest BCUT2D eigenvalue weighted by molar-refractivity contribution is -0.383. The molecule has 4 saturated heterocycles. The normalized spacial score (nSPS) is 50.2. The zero-order chi connectivity index (χ0) is 35.6. The molecule has 22 heteroatoms. The maximum Gasteiger partial charge on any atom is 0.217 e. The zero-order valence-electron chi connectivity index (χ0n) is 25.5. The molecular weight excluding hydrogens is 662 g/mol. The molecule has 1 amide bonds. The summed E-state index contributed by atoms with van der Waals surface area (Å²) in [5.41, 5.74) is 0. The van der Waals surface area contributed by atoms with Crippen molar-refractivity contribution in [2.45, 2.75) is 130 Å².